The maximum Gasteiger partial charge on any atom is 0.308 e. The van der Waals surface area contributed by atoms with E-state index >= 15 is 0 Å². The molecule has 6 heteroatoms. The van der Waals surface area contributed by atoms with Crippen LogP contribution in [0.2, 0.25) is 0 Å². The third-order valence-electron chi connectivity index (χ3n) is 2.47. The number of rotatable bonds is 5. The second-order valence-electron chi connectivity index (χ2n) is 4.32. The molecule has 1 saturated heterocycles. The van der Waals surface area contributed by atoms with Gasteiger partial charge in [-0.2, -0.15) is 0 Å². The molecule has 1 unspecified atom stereocenters. The van der Waals surface area contributed by atoms with Crippen molar-refractivity contribution < 1.29 is 14.3 Å². The fourth-order valence-electron chi connectivity index (χ4n) is 1.77. The number of esters is 1. The number of amides is 1. The van der Waals surface area contributed by atoms with Gasteiger partial charge in [-0.25, -0.2) is 0 Å². The molecule has 0 aromatic carbocycles. The summed E-state index contributed by atoms with van der Waals surface area (Å²) in [4.78, 5) is 25.1. The standard InChI is InChI=1S/C12H20N2O3.ClH/c1-4-6-14-7-5-13-10(12(14)16)8-11(15)17-9(2)3;/h4,9-10,13H,1,5-8H2,2-3H3;1H. The van der Waals surface area contributed by atoms with Crippen molar-refractivity contribution in [3.63, 3.8) is 0 Å². The third-order valence-corrected chi connectivity index (χ3v) is 2.47. The van der Waals surface area contributed by atoms with E-state index in [9.17, 15) is 9.59 Å². The minimum atomic E-state index is -0.463. The van der Waals surface area contributed by atoms with E-state index in [4.69, 9.17) is 4.74 Å². The summed E-state index contributed by atoms with van der Waals surface area (Å²) in [5.74, 6) is -0.400. The molecule has 0 aromatic heterocycles. The monoisotopic (exact) mass is 276 g/mol. The summed E-state index contributed by atoms with van der Waals surface area (Å²) in [5.41, 5.74) is 0. The predicted molar refractivity (Wildman–Crippen MR) is 71.7 cm³/mol. The normalized spacial score (nSPS) is 19.4. The highest BCUT2D eigenvalue weighted by Crippen LogP contribution is 2.07. The summed E-state index contributed by atoms with van der Waals surface area (Å²) in [6.07, 6.45) is 1.63. The van der Waals surface area contributed by atoms with Crippen LogP contribution in [0.25, 0.3) is 0 Å². The van der Waals surface area contributed by atoms with Crippen molar-refractivity contribution >= 4 is 24.3 Å². The summed E-state index contributed by atoms with van der Waals surface area (Å²) in [5, 5.41) is 3.04. The molecule has 0 spiro atoms. The second-order valence-corrected chi connectivity index (χ2v) is 4.32. The van der Waals surface area contributed by atoms with Gasteiger partial charge in [-0.05, 0) is 13.8 Å². The van der Waals surface area contributed by atoms with E-state index in [0.29, 0.717) is 19.6 Å². The van der Waals surface area contributed by atoms with Crippen LogP contribution in [0.5, 0.6) is 0 Å². The first-order valence-corrected chi connectivity index (χ1v) is 5.87. The fourth-order valence-corrected chi connectivity index (χ4v) is 1.77. The molecule has 0 aliphatic carbocycles. The largest absolute Gasteiger partial charge is 0.463 e. The van der Waals surface area contributed by atoms with E-state index in [-0.39, 0.29) is 36.8 Å². The Balaban J connectivity index is 0.00000289. The number of nitrogens with zero attached hydrogens (tertiary/aromatic N) is 1. The first-order valence-electron chi connectivity index (χ1n) is 5.87. The molecule has 18 heavy (non-hydrogen) atoms. The average molecular weight is 277 g/mol. The number of nitrogens with one attached hydrogen (secondary N) is 1. The summed E-state index contributed by atoms with van der Waals surface area (Å²) in [7, 11) is 0. The SMILES string of the molecule is C=CCN1CCNC(CC(=O)OC(C)C)C1=O.Cl. The Morgan fingerprint density at radius 1 is 1.67 bits per heavy atom. The molecular formula is C12H21ClN2O3. The summed E-state index contributed by atoms with van der Waals surface area (Å²) in [6, 6.07) is -0.463. The molecule has 1 fully saturated rings. The number of ether oxygens (including phenoxy) is 1. The minimum Gasteiger partial charge on any atom is -0.463 e. The van der Waals surface area contributed by atoms with Crippen molar-refractivity contribution in [1.82, 2.24) is 10.2 Å². The number of carbonyl (C=O) groups excluding carboxylic acids is 2. The maximum absolute atomic E-state index is 11.9. The van der Waals surface area contributed by atoms with Crippen LogP contribution in [-0.2, 0) is 14.3 Å². The van der Waals surface area contributed by atoms with Crippen LogP contribution in [0, 0.1) is 0 Å². The molecule has 104 valence electrons. The molecule has 1 N–H and O–H groups in total. The van der Waals surface area contributed by atoms with Crippen molar-refractivity contribution in [3.05, 3.63) is 12.7 Å². The third kappa shape index (κ3) is 5.06. The Kier molecular flexibility index (Phi) is 7.62. The van der Waals surface area contributed by atoms with Crippen molar-refractivity contribution in [2.75, 3.05) is 19.6 Å². The van der Waals surface area contributed by atoms with Gasteiger partial charge in [0.2, 0.25) is 5.91 Å². The first-order chi connectivity index (χ1) is 8.04. The lowest BCUT2D eigenvalue weighted by Gasteiger charge is -2.32. The number of hydrogen-bond donors (Lipinski definition) is 1. The van der Waals surface area contributed by atoms with E-state index in [2.05, 4.69) is 11.9 Å². The molecule has 0 aromatic rings. The van der Waals surface area contributed by atoms with Crippen molar-refractivity contribution in [1.29, 1.82) is 0 Å². The average Bonchev–Trinajstić information content (AvgIpc) is 2.23. The van der Waals surface area contributed by atoms with E-state index in [1.807, 2.05) is 0 Å². The van der Waals surface area contributed by atoms with Crippen LogP contribution in [0.4, 0.5) is 0 Å². The Labute approximate surface area is 114 Å². The quantitative estimate of drug-likeness (QED) is 0.594. The second kappa shape index (κ2) is 8.11. The number of carbonyl (C=O) groups is 2. The number of piperazine rings is 1. The zero-order valence-electron chi connectivity index (χ0n) is 10.8. The van der Waals surface area contributed by atoms with Gasteiger partial charge in [0, 0.05) is 19.6 Å². The molecule has 0 radical (unpaired) electrons. The van der Waals surface area contributed by atoms with Gasteiger partial charge in [-0.1, -0.05) is 6.08 Å². The smallest absolute Gasteiger partial charge is 0.308 e. The number of halogens is 1. The molecule has 0 saturated carbocycles. The lowest BCUT2D eigenvalue weighted by atomic mass is 10.1. The van der Waals surface area contributed by atoms with Gasteiger partial charge in [0.15, 0.2) is 0 Å². The van der Waals surface area contributed by atoms with Gasteiger partial charge >= 0.3 is 5.97 Å². The highest BCUT2D eigenvalue weighted by atomic mass is 35.5. The Morgan fingerprint density at radius 3 is 2.89 bits per heavy atom. The van der Waals surface area contributed by atoms with Gasteiger partial charge in [0.25, 0.3) is 0 Å². The molecule has 5 nitrogen and oxygen atoms in total. The van der Waals surface area contributed by atoms with E-state index in [0.717, 1.165) is 0 Å². The topological polar surface area (TPSA) is 58.6 Å². The van der Waals surface area contributed by atoms with Gasteiger partial charge in [-0.15, -0.1) is 19.0 Å². The van der Waals surface area contributed by atoms with E-state index < -0.39 is 6.04 Å². The van der Waals surface area contributed by atoms with Gasteiger partial charge in [-0.3, -0.25) is 9.59 Å². The summed E-state index contributed by atoms with van der Waals surface area (Å²) >= 11 is 0. The zero-order valence-corrected chi connectivity index (χ0v) is 11.7. The van der Waals surface area contributed by atoms with Crippen molar-refractivity contribution in [2.45, 2.75) is 32.4 Å². The minimum absolute atomic E-state index is 0. The van der Waals surface area contributed by atoms with Gasteiger partial charge in [0.05, 0.1) is 18.6 Å². The molecular weight excluding hydrogens is 256 g/mol. The lowest BCUT2D eigenvalue weighted by Crippen LogP contribution is -2.55. The van der Waals surface area contributed by atoms with Crippen LogP contribution < -0.4 is 5.32 Å². The van der Waals surface area contributed by atoms with Crippen LogP contribution in [0.1, 0.15) is 20.3 Å². The Morgan fingerprint density at radius 2 is 2.33 bits per heavy atom. The Bertz CT molecular complexity index is 308. The molecule has 1 amide bonds. The van der Waals surface area contributed by atoms with Crippen LogP contribution in [0.3, 0.4) is 0 Å². The highest BCUT2D eigenvalue weighted by Gasteiger charge is 2.29. The Hall–Kier alpha value is -1.07. The first kappa shape index (κ1) is 16.9. The van der Waals surface area contributed by atoms with E-state index in [1.54, 1.807) is 24.8 Å². The molecule has 0 bridgehead atoms. The maximum atomic E-state index is 11.9. The fraction of sp³-hybridized carbons (Fsp3) is 0.667. The van der Waals surface area contributed by atoms with Gasteiger partial charge < -0.3 is 15.0 Å². The molecule has 1 atom stereocenters. The van der Waals surface area contributed by atoms with Crippen LogP contribution in [-0.4, -0.2) is 48.6 Å². The summed E-state index contributed by atoms with van der Waals surface area (Å²) < 4.78 is 5.03. The molecule has 1 aliphatic heterocycles. The predicted octanol–water partition coefficient (Wildman–Crippen LogP) is 0.736. The zero-order chi connectivity index (χ0) is 12.8. The molecule has 1 rings (SSSR count). The molecule has 1 heterocycles. The van der Waals surface area contributed by atoms with Crippen molar-refractivity contribution in [2.24, 2.45) is 0 Å². The highest BCUT2D eigenvalue weighted by molar-refractivity contribution is 5.87. The summed E-state index contributed by atoms with van der Waals surface area (Å²) in [6.45, 7) is 9.06. The van der Waals surface area contributed by atoms with E-state index in [1.165, 1.54) is 0 Å². The van der Waals surface area contributed by atoms with Crippen molar-refractivity contribution in [3.8, 4) is 0 Å². The lowest BCUT2D eigenvalue weighted by molar-refractivity contribution is -0.151. The van der Waals surface area contributed by atoms with Crippen LogP contribution >= 0.6 is 12.4 Å². The molecule has 1 aliphatic rings. The number of hydrogen-bond acceptors (Lipinski definition) is 4. The van der Waals surface area contributed by atoms with Crippen LogP contribution in [0.15, 0.2) is 12.7 Å². The van der Waals surface area contributed by atoms with Gasteiger partial charge in [0.1, 0.15) is 0 Å².